The van der Waals surface area contributed by atoms with Crippen LogP contribution in [-0.2, 0) is 6.42 Å². The number of hydrogen-bond acceptors (Lipinski definition) is 4. The second-order valence-electron chi connectivity index (χ2n) is 5.54. The minimum absolute atomic E-state index is 0.432. The summed E-state index contributed by atoms with van der Waals surface area (Å²) >= 11 is 0. The van der Waals surface area contributed by atoms with Crippen LogP contribution in [0.3, 0.4) is 0 Å². The minimum atomic E-state index is 0.432. The van der Waals surface area contributed by atoms with Crippen molar-refractivity contribution in [2.24, 2.45) is 0 Å². The summed E-state index contributed by atoms with van der Waals surface area (Å²) in [7, 11) is 4.20. The molecule has 0 saturated carbocycles. The van der Waals surface area contributed by atoms with Crippen LogP contribution in [0.5, 0.6) is 5.75 Å². The monoisotopic (exact) mass is 261 g/mol. The third-order valence-electron chi connectivity index (χ3n) is 4.25. The maximum absolute atomic E-state index is 5.88. The van der Waals surface area contributed by atoms with Crippen LogP contribution in [0.15, 0.2) is 18.2 Å². The van der Waals surface area contributed by atoms with E-state index in [4.69, 9.17) is 4.74 Å². The smallest absolute Gasteiger partial charge is 0.124 e. The Morgan fingerprint density at radius 1 is 1.21 bits per heavy atom. The van der Waals surface area contributed by atoms with Crippen molar-refractivity contribution in [3.05, 3.63) is 23.8 Å². The van der Waals surface area contributed by atoms with Crippen LogP contribution < -0.4 is 15.0 Å². The average Bonchev–Trinajstić information content (AvgIpc) is 2.47. The van der Waals surface area contributed by atoms with E-state index in [1.165, 1.54) is 11.3 Å². The van der Waals surface area contributed by atoms with Crippen molar-refractivity contribution in [1.29, 1.82) is 0 Å². The lowest BCUT2D eigenvalue weighted by Crippen LogP contribution is -2.45. The van der Waals surface area contributed by atoms with Gasteiger partial charge >= 0.3 is 0 Å². The number of rotatable bonds is 2. The van der Waals surface area contributed by atoms with Gasteiger partial charge in [0.05, 0.1) is 0 Å². The summed E-state index contributed by atoms with van der Waals surface area (Å²) in [6.45, 7) is 5.27. The molecule has 0 radical (unpaired) electrons. The molecular weight excluding hydrogens is 238 g/mol. The van der Waals surface area contributed by atoms with E-state index in [0.29, 0.717) is 6.04 Å². The largest absolute Gasteiger partial charge is 0.492 e. The number of benzene rings is 1. The fourth-order valence-corrected chi connectivity index (χ4v) is 2.92. The van der Waals surface area contributed by atoms with Crippen LogP contribution in [0, 0.1) is 0 Å². The summed E-state index contributed by atoms with van der Waals surface area (Å²) in [4.78, 5) is 4.89. The topological polar surface area (TPSA) is 27.7 Å². The molecule has 1 N–H and O–H groups in total. The van der Waals surface area contributed by atoms with Crippen molar-refractivity contribution < 1.29 is 4.74 Å². The number of piperazine rings is 1. The zero-order valence-electron chi connectivity index (χ0n) is 11.9. The van der Waals surface area contributed by atoms with E-state index in [1.54, 1.807) is 0 Å². The number of nitrogens with zero attached hydrogens (tertiary/aromatic N) is 2. The Bertz CT molecular complexity index is 441. The molecule has 1 aromatic rings. The molecule has 19 heavy (non-hydrogen) atoms. The molecule has 2 heterocycles. The van der Waals surface area contributed by atoms with Gasteiger partial charge in [0, 0.05) is 43.5 Å². The first-order valence-electron chi connectivity index (χ1n) is 7.13. The van der Waals surface area contributed by atoms with Gasteiger partial charge in [0.1, 0.15) is 12.4 Å². The van der Waals surface area contributed by atoms with Gasteiger partial charge in [-0.15, -0.1) is 0 Å². The van der Waals surface area contributed by atoms with Gasteiger partial charge in [-0.1, -0.05) is 6.07 Å². The van der Waals surface area contributed by atoms with E-state index in [0.717, 1.165) is 45.0 Å². The van der Waals surface area contributed by atoms with Gasteiger partial charge in [-0.3, -0.25) is 0 Å². The second kappa shape index (κ2) is 5.39. The van der Waals surface area contributed by atoms with Crippen molar-refractivity contribution in [3.63, 3.8) is 0 Å². The molecule has 2 aliphatic rings. The third-order valence-corrected chi connectivity index (χ3v) is 4.25. The molecule has 0 amide bonds. The summed E-state index contributed by atoms with van der Waals surface area (Å²) < 4.78 is 5.88. The van der Waals surface area contributed by atoms with E-state index in [1.807, 2.05) is 7.05 Å². The predicted octanol–water partition coefficient (Wildman–Crippen LogP) is 0.961. The lowest BCUT2D eigenvalue weighted by molar-refractivity contribution is 0.245. The summed E-state index contributed by atoms with van der Waals surface area (Å²) in [6, 6.07) is 6.89. The molecule has 4 heteroatoms. The normalized spacial score (nSPS) is 23.9. The number of likely N-dealkylation sites (N-methyl/N-ethyl adjacent to an activating group) is 2. The molecule has 2 aliphatic heterocycles. The number of anilines is 1. The molecule has 0 unspecified atom stereocenters. The molecule has 1 fully saturated rings. The fraction of sp³-hybridized carbons (Fsp3) is 0.600. The molecule has 4 nitrogen and oxygen atoms in total. The molecule has 1 aromatic carbocycles. The average molecular weight is 261 g/mol. The standard InChI is InChI=1S/C15H23N3O/c1-16-12-10-13-14(4-3-5-15(13)19-11-12)18-8-6-17(2)7-9-18/h3-5,12,16H,6-11H2,1-2H3/t12-/m1/s1. The molecular formula is C15H23N3O. The van der Waals surface area contributed by atoms with Crippen LogP contribution in [0.2, 0.25) is 0 Å². The lowest BCUT2D eigenvalue weighted by Gasteiger charge is -2.37. The lowest BCUT2D eigenvalue weighted by atomic mass is 9.99. The molecule has 0 bridgehead atoms. The van der Waals surface area contributed by atoms with Crippen LogP contribution >= 0.6 is 0 Å². The number of fused-ring (bicyclic) bond motifs is 1. The van der Waals surface area contributed by atoms with E-state index in [9.17, 15) is 0 Å². The first kappa shape index (κ1) is 12.8. The van der Waals surface area contributed by atoms with Crippen LogP contribution in [0.1, 0.15) is 5.56 Å². The highest BCUT2D eigenvalue weighted by Gasteiger charge is 2.24. The highest BCUT2D eigenvalue weighted by molar-refractivity contribution is 5.60. The SMILES string of the molecule is CN[C@H]1COc2cccc(N3CCN(C)CC3)c2C1. The van der Waals surface area contributed by atoms with Gasteiger partial charge in [0.25, 0.3) is 0 Å². The molecule has 0 spiro atoms. The molecule has 3 rings (SSSR count). The fourth-order valence-electron chi connectivity index (χ4n) is 2.92. The highest BCUT2D eigenvalue weighted by atomic mass is 16.5. The van der Waals surface area contributed by atoms with Crippen LogP contribution in [-0.4, -0.2) is 57.8 Å². The van der Waals surface area contributed by atoms with Crippen LogP contribution in [0.4, 0.5) is 5.69 Å². The van der Waals surface area contributed by atoms with Gasteiger partial charge in [-0.25, -0.2) is 0 Å². The van der Waals surface area contributed by atoms with Gasteiger partial charge < -0.3 is 19.9 Å². The highest BCUT2D eigenvalue weighted by Crippen LogP contribution is 2.33. The van der Waals surface area contributed by atoms with Gasteiger partial charge in [-0.05, 0) is 32.6 Å². The Hall–Kier alpha value is -1.26. The van der Waals surface area contributed by atoms with Crippen molar-refractivity contribution in [2.75, 3.05) is 51.8 Å². The third kappa shape index (κ3) is 2.55. The van der Waals surface area contributed by atoms with Gasteiger partial charge in [0.2, 0.25) is 0 Å². The Morgan fingerprint density at radius 2 is 2.00 bits per heavy atom. The van der Waals surface area contributed by atoms with E-state index < -0.39 is 0 Å². The Morgan fingerprint density at radius 3 is 2.74 bits per heavy atom. The van der Waals surface area contributed by atoms with Crippen LogP contribution in [0.25, 0.3) is 0 Å². The van der Waals surface area contributed by atoms with Crippen molar-refractivity contribution >= 4 is 5.69 Å². The molecule has 1 saturated heterocycles. The number of nitrogens with one attached hydrogen (secondary N) is 1. The van der Waals surface area contributed by atoms with Gasteiger partial charge in [0.15, 0.2) is 0 Å². The molecule has 1 atom stereocenters. The zero-order valence-corrected chi connectivity index (χ0v) is 11.9. The Labute approximate surface area is 115 Å². The van der Waals surface area contributed by atoms with E-state index in [-0.39, 0.29) is 0 Å². The quantitative estimate of drug-likeness (QED) is 0.858. The Balaban J connectivity index is 1.86. The van der Waals surface area contributed by atoms with Crippen molar-refractivity contribution in [3.8, 4) is 5.75 Å². The zero-order chi connectivity index (χ0) is 13.2. The predicted molar refractivity (Wildman–Crippen MR) is 78.2 cm³/mol. The molecule has 104 valence electrons. The first-order chi connectivity index (χ1) is 9.28. The van der Waals surface area contributed by atoms with Crippen molar-refractivity contribution in [1.82, 2.24) is 10.2 Å². The second-order valence-corrected chi connectivity index (χ2v) is 5.54. The summed E-state index contributed by atoms with van der Waals surface area (Å²) in [5.41, 5.74) is 2.74. The molecule has 0 aliphatic carbocycles. The minimum Gasteiger partial charge on any atom is -0.492 e. The van der Waals surface area contributed by atoms with Gasteiger partial charge in [-0.2, -0.15) is 0 Å². The maximum Gasteiger partial charge on any atom is 0.124 e. The molecule has 0 aromatic heterocycles. The summed E-state index contributed by atoms with van der Waals surface area (Å²) in [5, 5.41) is 3.33. The first-order valence-corrected chi connectivity index (χ1v) is 7.13. The maximum atomic E-state index is 5.88. The summed E-state index contributed by atoms with van der Waals surface area (Å²) in [5.74, 6) is 1.07. The van der Waals surface area contributed by atoms with E-state index >= 15 is 0 Å². The Kier molecular flexibility index (Phi) is 3.62. The van der Waals surface area contributed by atoms with E-state index in [2.05, 4.69) is 40.4 Å². The summed E-state index contributed by atoms with van der Waals surface area (Å²) in [6.07, 6.45) is 1.06. The number of ether oxygens (including phenoxy) is 1. The van der Waals surface area contributed by atoms with Crippen molar-refractivity contribution in [2.45, 2.75) is 12.5 Å². The number of hydrogen-bond donors (Lipinski definition) is 1.